The van der Waals surface area contributed by atoms with Crippen molar-refractivity contribution in [2.45, 2.75) is 26.7 Å². The number of hydrogen-bond donors (Lipinski definition) is 0. The van der Waals surface area contributed by atoms with Gasteiger partial charge in [-0.1, -0.05) is 70.3 Å². The standard InChI is InChI=1S/C24H21N4.C12H10N.Ir/c1-2-3-14-26-15-16-27(18-26)20-11-12-21-22-10-7-13-25-24(22)28(23(21)17-20)19-8-5-4-6-9-19;1-10-7-8-12(13-9-10)11-5-3-2-4-6-11;/h4-10,12-13,15-17H,2-3,14H2,1H3;2-5,7-9H,1H3;/q+1;-1;. The molecule has 0 unspecified atom stereocenters. The van der Waals surface area contributed by atoms with Crippen LogP contribution in [0.25, 0.3) is 38.9 Å². The van der Waals surface area contributed by atoms with Gasteiger partial charge >= 0.3 is 6.01 Å². The molecule has 0 N–H and O–H groups in total. The Morgan fingerprint density at radius 3 is 2.50 bits per heavy atom. The van der Waals surface area contributed by atoms with Gasteiger partial charge in [-0.05, 0) is 47.3 Å². The van der Waals surface area contributed by atoms with Gasteiger partial charge in [0.15, 0.2) is 6.54 Å². The minimum atomic E-state index is 0. The molecule has 0 saturated heterocycles. The Morgan fingerprint density at radius 1 is 0.881 bits per heavy atom. The van der Waals surface area contributed by atoms with Crippen molar-refractivity contribution in [3.63, 3.8) is 0 Å². The van der Waals surface area contributed by atoms with E-state index < -0.39 is 0 Å². The van der Waals surface area contributed by atoms with E-state index in [4.69, 9.17) is 0 Å². The molecule has 6 heteroatoms. The van der Waals surface area contributed by atoms with Crippen molar-refractivity contribution in [3.8, 4) is 16.9 Å². The minimum Gasteiger partial charge on any atom is -0.318 e. The van der Waals surface area contributed by atoms with Crippen molar-refractivity contribution < 1.29 is 29.3 Å². The molecule has 0 saturated carbocycles. The summed E-state index contributed by atoms with van der Waals surface area (Å²) in [6.45, 7) is 5.22. The first-order valence-electron chi connectivity index (χ1n) is 14.0. The maximum atomic E-state index is 4.67. The summed E-state index contributed by atoms with van der Waals surface area (Å²) >= 11 is 0. The summed E-state index contributed by atoms with van der Waals surface area (Å²) in [7, 11) is 0. The van der Waals surface area contributed by atoms with Gasteiger partial charge in [0.2, 0.25) is 6.20 Å². The third-order valence-electron chi connectivity index (χ3n) is 7.00. The zero-order valence-corrected chi connectivity index (χ0v) is 26.1. The van der Waals surface area contributed by atoms with Gasteiger partial charge in [-0.25, -0.2) is 4.98 Å². The topological polar surface area (TPSA) is 36.7 Å². The molecule has 5 nitrogen and oxygen atoms in total. The first-order valence-corrected chi connectivity index (χ1v) is 14.0. The van der Waals surface area contributed by atoms with E-state index in [9.17, 15) is 0 Å². The van der Waals surface area contributed by atoms with Crippen LogP contribution in [0.4, 0.5) is 5.69 Å². The van der Waals surface area contributed by atoms with Gasteiger partial charge < -0.3 is 9.55 Å². The molecule has 7 rings (SSSR count). The number of fused-ring (bicyclic) bond motifs is 3. The molecule has 1 aliphatic heterocycles. The average Bonchev–Trinajstić information content (AvgIpc) is 3.64. The number of aromatic nitrogens is 3. The van der Waals surface area contributed by atoms with Crippen LogP contribution >= 0.6 is 0 Å². The fourth-order valence-electron chi connectivity index (χ4n) is 4.87. The van der Waals surface area contributed by atoms with Crippen molar-refractivity contribution in [2.24, 2.45) is 0 Å². The van der Waals surface area contributed by atoms with Crippen LogP contribution in [0.1, 0.15) is 25.3 Å². The normalized spacial score (nSPS) is 12.0. The molecule has 3 aromatic carbocycles. The molecular formula is C36H31IrN5. The summed E-state index contributed by atoms with van der Waals surface area (Å²) < 4.78 is 6.34. The van der Waals surface area contributed by atoms with Gasteiger partial charge in [0, 0.05) is 44.6 Å². The molecule has 1 radical (unpaired) electrons. The molecule has 0 atom stereocenters. The first kappa shape index (κ1) is 29.0. The predicted octanol–water partition coefficient (Wildman–Crippen LogP) is 7.95. The maximum absolute atomic E-state index is 4.67. The Hall–Kier alpha value is -4.47. The Kier molecular flexibility index (Phi) is 9.31. The van der Waals surface area contributed by atoms with Gasteiger partial charge in [-0.3, -0.25) is 0 Å². The number of para-hydroxylation sites is 1. The van der Waals surface area contributed by atoms with Crippen LogP contribution in [0.15, 0.2) is 116 Å². The number of aryl methyl sites for hydroxylation is 1. The SMILES string of the molecule is CCCC[N+]1=C=[N+](c2[c-]cc3c4cccnc4n(-c4ccccc4)c3c2)C=C1.Cc1ccc(-c2[c-]cccc2)nc1.[Ir]. The van der Waals surface area contributed by atoms with Gasteiger partial charge in [0.25, 0.3) is 6.20 Å². The van der Waals surface area contributed by atoms with E-state index >= 15 is 0 Å². The van der Waals surface area contributed by atoms with E-state index in [2.05, 4.69) is 98.9 Å². The molecule has 0 fully saturated rings. The predicted molar refractivity (Wildman–Crippen MR) is 165 cm³/mol. The molecular weight excluding hydrogens is 695 g/mol. The second-order valence-electron chi connectivity index (χ2n) is 9.97. The fourth-order valence-corrected chi connectivity index (χ4v) is 4.87. The Labute approximate surface area is 260 Å². The number of nitrogens with zero attached hydrogens (tertiary/aromatic N) is 5. The van der Waals surface area contributed by atoms with Crippen molar-refractivity contribution in [3.05, 3.63) is 133 Å². The van der Waals surface area contributed by atoms with Crippen LogP contribution in [0.2, 0.25) is 0 Å². The zero-order chi connectivity index (χ0) is 28.0. The summed E-state index contributed by atoms with van der Waals surface area (Å²) in [6, 6.07) is 40.6. The number of unbranched alkanes of at least 4 members (excludes halogenated alkanes) is 1. The number of rotatable bonds is 6. The van der Waals surface area contributed by atoms with E-state index in [1.54, 1.807) is 0 Å². The maximum Gasteiger partial charge on any atom is 0.493 e. The summed E-state index contributed by atoms with van der Waals surface area (Å²) in [5.41, 5.74) is 7.36. The Balaban J connectivity index is 0.000000212. The van der Waals surface area contributed by atoms with Crippen molar-refractivity contribution in [1.82, 2.24) is 14.5 Å². The van der Waals surface area contributed by atoms with Gasteiger partial charge in [0.05, 0.1) is 0 Å². The van der Waals surface area contributed by atoms with Gasteiger partial charge in [-0.15, -0.1) is 42.0 Å². The smallest absolute Gasteiger partial charge is 0.318 e. The molecule has 6 aromatic rings. The molecule has 1 aliphatic rings. The van der Waals surface area contributed by atoms with E-state index in [0.717, 1.165) is 57.5 Å². The largest absolute Gasteiger partial charge is 0.493 e. The monoisotopic (exact) mass is 726 g/mol. The molecule has 42 heavy (non-hydrogen) atoms. The molecule has 4 heterocycles. The molecule has 0 spiro atoms. The van der Waals surface area contributed by atoms with E-state index in [1.165, 1.54) is 12.0 Å². The van der Waals surface area contributed by atoms with Crippen LogP contribution in [-0.2, 0) is 20.1 Å². The van der Waals surface area contributed by atoms with Crippen LogP contribution in [-0.4, -0.2) is 36.2 Å². The number of hydrogen-bond acceptors (Lipinski definition) is 2. The second kappa shape index (κ2) is 13.5. The van der Waals surface area contributed by atoms with Crippen LogP contribution in [0, 0.1) is 19.1 Å². The summed E-state index contributed by atoms with van der Waals surface area (Å²) in [4.78, 5) is 8.98. The summed E-state index contributed by atoms with van der Waals surface area (Å²) in [5, 5.41) is 2.29. The van der Waals surface area contributed by atoms with Crippen LogP contribution in [0.3, 0.4) is 0 Å². The Morgan fingerprint density at radius 2 is 1.74 bits per heavy atom. The summed E-state index contributed by atoms with van der Waals surface area (Å²) in [6.07, 6.45) is 10.2. The van der Waals surface area contributed by atoms with Crippen molar-refractivity contribution in [1.29, 1.82) is 0 Å². The third kappa shape index (κ3) is 6.22. The van der Waals surface area contributed by atoms with E-state index in [1.807, 2.05) is 72.6 Å². The van der Waals surface area contributed by atoms with Crippen LogP contribution < -0.4 is 0 Å². The minimum absolute atomic E-state index is 0. The first-order chi connectivity index (χ1) is 20.2. The number of benzene rings is 3. The zero-order valence-electron chi connectivity index (χ0n) is 23.7. The fraction of sp³-hybridized carbons (Fsp3) is 0.139. The third-order valence-corrected chi connectivity index (χ3v) is 7.00. The number of pyridine rings is 2. The quantitative estimate of drug-likeness (QED) is 0.129. The van der Waals surface area contributed by atoms with Gasteiger partial charge in [0.1, 0.15) is 11.3 Å². The molecule has 0 amide bonds. The average molecular weight is 726 g/mol. The molecule has 209 valence electrons. The van der Waals surface area contributed by atoms with E-state index in [-0.39, 0.29) is 20.1 Å². The Bertz CT molecular complexity index is 1900. The summed E-state index contributed by atoms with van der Waals surface area (Å²) in [5.74, 6) is 0. The van der Waals surface area contributed by atoms with Crippen molar-refractivity contribution in [2.75, 3.05) is 6.54 Å². The van der Waals surface area contributed by atoms with Crippen molar-refractivity contribution >= 4 is 33.6 Å². The second-order valence-corrected chi connectivity index (χ2v) is 9.97. The van der Waals surface area contributed by atoms with E-state index in [0.29, 0.717) is 0 Å². The van der Waals surface area contributed by atoms with Gasteiger partial charge in [-0.2, -0.15) is 6.07 Å². The molecule has 3 aromatic heterocycles. The van der Waals surface area contributed by atoms with Crippen LogP contribution in [0.5, 0.6) is 0 Å². The molecule has 0 aliphatic carbocycles. The molecule has 0 bridgehead atoms.